The van der Waals surface area contributed by atoms with Crippen LogP contribution in [-0.2, 0) is 9.84 Å². The largest absolute Gasteiger partial charge is 0.269 e. The van der Waals surface area contributed by atoms with Crippen molar-refractivity contribution in [2.75, 3.05) is 0 Å². The molecule has 0 N–H and O–H groups in total. The molecule has 4 aromatic carbocycles. The van der Waals surface area contributed by atoms with Crippen LogP contribution in [0.5, 0.6) is 0 Å². The van der Waals surface area contributed by atoms with Crippen LogP contribution in [0.1, 0.15) is 32.8 Å². The highest BCUT2D eigenvalue weighted by molar-refractivity contribution is 7.92. The highest BCUT2D eigenvalue weighted by Gasteiger charge is 2.34. The molecule has 0 amide bonds. The second kappa shape index (κ2) is 12.4. The summed E-state index contributed by atoms with van der Waals surface area (Å²) in [7, 11) is -4.25. The van der Waals surface area contributed by atoms with Gasteiger partial charge in [-0.25, -0.2) is 17.2 Å². The predicted octanol–water partition coefficient (Wildman–Crippen LogP) is 7.41. The van der Waals surface area contributed by atoms with Gasteiger partial charge in [-0.05, 0) is 46.5 Å². The Morgan fingerprint density at radius 2 is 0.878 bits per heavy atom. The summed E-state index contributed by atoms with van der Waals surface area (Å²) < 4.78 is 55.5. The number of nitro benzene ring substituents is 2. The van der Waals surface area contributed by atoms with E-state index in [0.29, 0.717) is 11.1 Å². The van der Waals surface area contributed by atoms with E-state index in [9.17, 15) is 37.4 Å². The van der Waals surface area contributed by atoms with Crippen molar-refractivity contribution in [3.8, 4) is 0 Å². The number of rotatable bonds is 10. The lowest BCUT2D eigenvalue weighted by Gasteiger charge is -2.21. The summed E-state index contributed by atoms with van der Waals surface area (Å²) in [6, 6.07) is 20.9. The van der Waals surface area contributed by atoms with Crippen molar-refractivity contribution >= 4 is 33.4 Å². The van der Waals surface area contributed by atoms with E-state index in [2.05, 4.69) is 0 Å². The van der Waals surface area contributed by atoms with Gasteiger partial charge in [-0.1, -0.05) is 72.8 Å². The Labute approximate surface area is 234 Å². The third-order valence-electron chi connectivity index (χ3n) is 6.24. The molecule has 0 aromatic heterocycles. The zero-order valence-corrected chi connectivity index (χ0v) is 22.0. The average Bonchev–Trinajstić information content (AvgIpc) is 2.95. The Balaban J connectivity index is 1.84. The van der Waals surface area contributed by atoms with E-state index < -0.39 is 41.8 Å². The van der Waals surface area contributed by atoms with E-state index in [4.69, 9.17) is 0 Å². The molecule has 0 aliphatic heterocycles. The first-order valence-corrected chi connectivity index (χ1v) is 13.7. The molecule has 4 rings (SSSR count). The van der Waals surface area contributed by atoms with Crippen molar-refractivity contribution in [3.63, 3.8) is 0 Å². The van der Waals surface area contributed by atoms with Gasteiger partial charge in [-0.15, -0.1) is 0 Å². The molecule has 2 unspecified atom stereocenters. The molecule has 0 bridgehead atoms. The van der Waals surface area contributed by atoms with Crippen molar-refractivity contribution in [3.05, 3.63) is 163 Å². The molecule has 8 nitrogen and oxygen atoms in total. The molecule has 0 heterocycles. The van der Waals surface area contributed by atoms with Crippen LogP contribution >= 0.6 is 0 Å². The number of nitrogens with zero attached hydrogens (tertiary/aromatic N) is 2. The topological polar surface area (TPSA) is 120 Å². The van der Waals surface area contributed by atoms with Crippen LogP contribution in [0, 0.1) is 31.9 Å². The average molecular weight is 577 g/mol. The molecule has 0 aliphatic rings. The van der Waals surface area contributed by atoms with Crippen LogP contribution in [0.4, 0.5) is 20.2 Å². The third kappa shape index (κ3) is 7.14. The van der Waals surface area contributed by atoms with E-state index in [1.54, 1.807) is 0 Å². The van der Waals surface area contributed by atoms with Gasteiger partial charge in [0.05, 0.1) is 9.85 Å². The monoisotopic (exact) mass is 576 g/mol. The first kappa shape index (κ1) is 29.0. The second-order valence-electron chi connectivity index (χ2n) is 8.95. The van der Waals surface area contributed by atoms with E-state index in [-0.39, 0.29) is 22.5 Å². The van der Waals surface area contributed by atoms with E-state index in [1.165, 1.54) is 121 Å². The molecule has 0 aliphatic carbocycles. The lowest BCUT2D eigenvalue weighted by atomic mass is 10.1. The summed E-state index contributed by atoms with van der Waals surface area (Å²) in [5.41, 5.74) is 1.04. The molecule has 0 saturated carbocycles. The Morgan fingerprint density at radius 3 is 1.17 bits per heavy atom. The van der Waals surface area contributed by atoms with Crippen molar-refractivity contribution in [2.24, 2.45) is 0 Å². The summed E-state index contributed by atoms with van der Waals surface area (Å²) in [5, 5.41) is 19.7. The number of halogens is 2. The first-order valence-electron chi connectivity index (χ1n) is 12.1. The predicted molar refractivity (Wildman–Crippen MR) is 151 cm³/mol. The highest BCUT2D eigenvalue weighted by atomic mass is 32.2. The molecule has 2 atom stereocenters. The molecular formula is C30H22F2N2O6S. The molecule has 0 fully saturated rings. The van der Waals surface area contributed by atoms with Gasteiger partial charge in [0.15, 0.2) is 9.84 Å². The van der Waals surface area contributed by atoms with Crippen LogP contribution in [0.15, 0.2) is 109 Å². The van der Waals surface area contributed by atoms with E-state index in [0.717, 1.165) is 0 Å². The van der Waals surface area contributed by atoms with Crippen LogP contribution in [-0.4, -0.2) is 18.3 Å². The Kier molecular flexibility index (Phi) is 8.78. The summed E-state index contributed by atoms with van der Waals surface area (Å²) in [5.74, 6) is -0.934. The van der Waals surface area contributed by atoms with Crippen molar-refractivity contribution in [2.45, 2.75) is 10.5 Å². The summed E-state index contributed by atoms with van der Waals surface area (Å²) in [6.07, 6.45) is 5.79. The van der Waals surface area contributed by atoms with Gasteiger partial charge in [0.1, 0.15) is 22.1 Å². The molecule has 208 valence electrons. The molecule has 0 radical (unpaired) electrons. The van der Waals surface area contributed by atoms with Gasteiger partial charge < -0.3 is 0 Å². The zero-order valence-electron chi connectivity index (χ0n) is 21.2. The van der Waals surface area contributed by atoms with E-state index >= 15 is 0 Å². The second-order valence-corrected chi connectivity index (χ2v) is 11.1. The SMILES string of the molecule is O=[N+]([O-])c1ccc(C(C=Cc2ccc(F)cc2)S(=O)(=O)C(C=Cc2ccc(F)cc2)c2ccc([N+](=O)[O-])cc2)cc1. The molecule has 11 heteroatoms. The summed E-state index contributed by atoms with van der Waals surface area (Å²) in [6.45, 7) is 0. The van der Waals surface area contributed by atoms with Gasteiger partial charge in [-0.3, -0.25) is 20.2 Å². The molecule has 41 heavy (non-hydrogen) atoms. The fraction of sp³-hybridized carbons (Fsp3) is 0.0667. The number of sulfone groups is 1. The van der Waals surface area contributed by atoms with Crippen LogP contribution in [0.25, 0.3) is 12.2 Å². The smallest absolute Gasteiger partial charge is 0.258 e. The fourth-order valence-corrected chi connectivity index (χ4v) is 6.08. The van der Waals surface area contributed by atoms with Crippen molar-refractivity contribution in [1.82, 2.24) is 0 Å². The van der Waals surface area contributed by atoms with Gasteiger partial charge >= 0.3 is 0 Å². The highest BCUT2D eigenvalue weighted by Crippen LogP contribution is 2.38. The lowest BCUT2D eigenvalue weighted by Crippen LogP contribution is -2.19. The molecule has 4 aromatic rings. The van der Waals surface area contributed by atoms with Gasteiger partial charge in [-0.2, -0.15) is 0 Å². The van der Waals surface area contributed by atoms with Crippen molar-refractivity contribution < 1.29 is 27.0 Å². The standard InChI is InChI=1S/C30H22F2N2O6S/c31-25-11-1-21(2-12-25)5-19-29(23-7-15-27(16-8-23)33(35)36)41(39,40)30(20-6-22-3-13-26(32)14-4-22)24-9-17-28(18-10-24)34(37)38/h1-20,29-30H. The number of hydrogen-bond donors (Lipinski definition) is 0. The Bertz CT molecular complexity index is 1580. The Hall–Kier alpha value is -5.03. The minimum atomic E-state index is -4.25. The maximum Gasteiger partial charge on any atom is 0.269 e. The molecular weight excluding hydrogens is 554 g/mol. The third-order valence-corrected chi connectivity index (χ3v) is 8.51. The Morgan fingerprint density at radius 1 is 0.561 bits per heavy atom. The number of nitro groups is 2. The normalized spacial score (nSPS) is 13.3. The van der Waals surface area contributed by atoms with Crippen LogP contribution in [0.2, 0.25) is 0 Å². The number of benzene rings is 4. The van der Waals surface area contributed by atoms with Gasteiger partial charge in [0.2, 0.25) is 0 Å². The van der Waals surface area contributed by atoms with Crippen LogP contribution in [0.3, 0.4) is 0 Å². The van der Waals surface area contributed by atoms with Gasteiger partial charge in [0, 0.05) is 24.3 Å². The van der Waals surface area contributed by atoms with Crippen molar-refractivity contribution in [1.29, 1.82) is 0 Å². The molecule has 0 spiro atoms. The zero-order chi connectivity index (χ0) is 29.6. The quantitative estimate of drug-likeness (QED) is 0.143. The lowest BCUT2D eigenvalue weighted by molar-refractivity contribution is -0.385. The summed E-state index contributed by atoms with van der Waals surface area (Å²) >= 11 is 0. The summed E-state index contributed by atoms with van der Waals surface area (Å²) in [4.78, 5) is 21.2. The maximum absolute atomic E-state index is 14.3. The number of hydrogen-bond acceptors (Lipinski definition) is 6. The molecule has 0 saturated heterocycles. The van der Waals surface area contributed by atoms with Gasteiger partial charge in [0.25, 0.3) is 11.4 Å². The fourth-order valence-electron chi connectivity index (χ4n) is 4.09. The number of non-ortho nitro benzene ring substituents is 2. The minimum absolute atomic E-state index is 0.226. The maximum atomic E-state index is 14.3. The van der Waals surface area contributed by atoms with E-state index in [1.807, 2.05) is 0 Å². The first-order chi connectivity index (χ1) is 19.5. The minimum Gasteiger partial charge on any atom is -0.258 e. The van der Waals surface area contributed by atoms with Crippen LogP contribution < -0.4 is 0 Å².